The Balaban J connectivity index is 2.09. The highest BCUT2D eigenvalue weighted by atomic mass is 32.1. The molecule has 0 spiro atoms. The van der Waals surface area contributed by atoms with E-state index >= 15 is 0 Å². The van der Waals surface area contributed by atoms with E-state index in [1.807, 2.05) is 24.4 Å². The summed E-state index contributed by atoms with van der Waals surface area (Å²) in [7, 11) is 4.07. The van der Waals surface area contributed by atoms with Crippen molar-refractivity contribution in [2.24, 2.45) is 5.73 Å². The minimum absolute atomic E-state index is 0.0645. The van der Waals surface area contributed by atoms with Gasteiger partial charge in [-0.25, -0.2) is 4.98 Å². The molecule has 1 saturated carbocycles. The Morgan fingerprint density at radius 3 is 2.65 bits per heavy atom. The average Bonchev–Trinajstić information content (AvgIpc) is 3.09. The van der Waals surface area contributed by atoms with Crippen molar-refractivity contribution in [2.75, 3.05) is 27.2 Å². The van der Waals surface area contributed by atoms with E-state index in [1.165, 1.54) is 24.2 Å². The van der Waals surface area contributed by atoms with Gasteiger partial charge in [-0.05, 0) is 26.9 Å². The molecule has 0 bridgehead atoms. The fourth-order valence-corrected chi connectivity index (χ4v) is 3.27. The van der Waals surface area contributed by atoms with Gasteiger partial charge in [-0.2, -0.15) is 0 Å². The van der Waals surface area contributed by atoms with Crippen molar-refractivity contribution in [3.8, 4) is 0 Å². The van der Waals surface area contributed by atoms with Crippen molar-refractivity contribution in [3.05, 3.63) is 16.1 Å². The summed E-state index contributed by atoms with van der Waals surface area (Å²) in [5, 5.41) is 2.66. The first-order valence-corrected chi connectivity index (χ1v) is 8.10. The lowest BCUT2D eigenvalue weighted by Gasteiger charge is -2.29. The minimum Gasteiger partial charge on any atom is -0.333 e. The Hall–Kier alpha value is -0.980. The fourth-order valence-electron chi connectivity index (χ4n) is 2.62. The number of carbonyl (C=O) groups excluding carboxylic acids is 1. The second-order valence-electron chi connectivity index (χ2n) is 5.57. The first kappa shape index (κ1) is 15.4. The Labute approximate surface area is 124 Å². The molecule has 1 aliphatic rings. The third kappa shape index (κ3) is 3.77. The second-order valence-corrected chi connectivity index (χ2v) is 6.51. The molecule has 5 nitrogen and oxygen atoms in total. The van der Waals surface area contributed by atoms with Crippen LogP contribution in [0.25, 0.3) is 0 Å². The van der Waals surface area contributed by atoms with Crippen LogP contribution in [-0.4, -0.2) is 53.9 Å². The molecule has 6 heteroatoms. The van der Waals surface area contributed by atoms with Gasteiger partial charge < -0.3 is 15.5 Å². The molecule has 1 amide bonds. The SMILES string of the molecule is CN(C)CCN(C(=O)c1csc(CN)n1)C1CCCC1. The molecule has 0 radical (unpaired) electrons. The quantitative estimate of drug-likeness (QED) is 0.865. The van der Waals surface area contributed by atoms with E-state index in [1.54, 1.807) is 0 Å². The average molecular weight is 296 g/mol. The largest absolute Gasteiger partial charge is 0.333 e. The van der Waals surface area contributed by atoms with Crippen molar-refractivity contribution in [1.29, 1.82) is 0 Å². The lowest BCUT2D eigenvalue weighted by atomic mass is 10.2. The summed E-state index contributed by atoms with van der Waals surface area (Å²) in [5.74, 6) is 0.0645. The third-order valence-corrected chi connectivity index (χ3v) is 4.63. The van der Waals surface area contributed by atoms with E-state index in [9.17, 15) is 4.79 Å². The number of amides is 1. The summed E-state index contributed by atoms with van der Waals surface area (Å²) in [6.07, 6.45) is 4.68. The first-order valence-electron chi connectivity index (χ1n) is 7.22. The molecule has 2 rings (SSSR count). The Morgan fingerprint density at radius 2 is 2.10 bits per heavy atom. The predicted octanol–water partition coefficient (Wildman–Crippen LogP) is 1.55. The van der Waals surface area contributed by atoms with E-state index in [-0.39, 0.29) is 5.91 Å². The lowest BCUT2D eigenvalue weighted by molar-refractivity contribution is 0.0662. The molecule has 1 aromatic rings. The van der Waals surface area contributed by atoms with Gasteiger partial charge in [0.1, 0.15) is 10.7 Å². The van der Waals surface area contributed by atoms with Gasteiger partial charge in [-0.3, -0.25) is 4.79 Å². The molecule has 1 fully saturated rings. The number of carbonyl (C=O) groups is 1. The molecular formula is C14H24N4OS. The topological polar surface area (TPSA) is 62.5 Å². The van der Waals surface area contributed by atoms with Crippen molar-refractivity contribution < 1.29 is 4.79 Å². The van der Waals surface area contributed by atoms with E-state index in [4.69, 9.17) is 5.73 Å². The van der Waals surface area contributed by atoms with E-state index < -0.39 is 0 Å². The van der Waals surface area contributed by atoms with Gasteiger partial charge >= 0.3 is 0 Å². The van der Waals surface area contributed by atoms with Crippen LogP contribution in [0.2, 0.25) is 0 Å². The predicted molar refractivity (Wildman–Crippen MR) is 81.9 cm³/mol. The van der Waals surface area contributed by atoms with Crippen LogP contribution < -0.4 is 5.73 Å². The highest BCUT2D eigenvalue weighted by Gasteiger charge is 2.28. The van der Waals surface area contributed by atoms with Crippen molar-refractivity contribution >= 4 is 17.2 Å². The van der Waals surface area contributed by atoms with E-state index in [0.717, 1.165) is 30.9 Å². The second kappa shape index (κ2) is 7.15. The number of hydrogen-bond donors (Lipinski definition) is 1. The van der Waals surface area contributed by atoms with Gasteiger partial charge in [0.15, 0.2) is 0 Å². The summed E-state index contributed by atoms with van der Waals surface area (Å²) >= 11 is 1.47. The molecule has 1 aromatic heterocycles. The van der Waals surface area contributed by atoms with Gasteiger partial charge in [0.25, 0.3) is 5.91 Å². The molecular weight excluding hydrogens is 272 g/mol. The monoisotopic (exact) mass is 296 g/mol. The number of thiazole rings is 1. The molecule has 20 heavy (non-hydrogen) atoms. The normalized spacial score (nSPS) is 16.0. The molecule has 2 N–H and O–H groups in total. The standard InChI is InChI=1S/C14H24N4OS/c1-17(2)7-8-18(11-5-3-4-6-11)14(19)12-10-20-13(9-15)16-12/h10-11H,3-9,15H2,1-2H3. The van der Waals surface area contributed by atoms with Crippen LogP contribution in [0.4, 0.5) is 0 Å². The first-order chi connectivity index (χ1) is 9.61. The molecule has 0 aliphatic heterocycles. The van der Waals surface area contributed by atoms with Gasteiger partial charge in [0.2, 0.25) is 0 Å². The van der Waals surface area contributed by atoms with Crippen molar-refractivity contribution in [1.82, 2.24) is 14.8 Å². The van der Waals surface area contributed by atoms with Gasteiger partial charge in [0.05, 0.1) is 0 Å². The summed E-state index contributed by atoms with van der Waals surface area (Å²) in [6, 6.07) is 0.380. The molecule has 112 valence electrons. The maximum atomic E-state index is 12.7. The summed E-state index contributed by atoms with van der Waals surface area (Å²) in [4.78, 5) is 21.2. The number of nitrogens with two attached hydrogens (primary N) is 1. The Kier molecular flexibility index (Phi) is 5.51. The fraction of sp³-hybridized carbons (Fsp3) is 0.714. The summed E-state index contributed by atoms with van der Waals surface area (Å²) in [6.45, 7) is 2.06. The molecule has 1 heterocycles. The molecule has 1 aliphatic carbocycles. The maximum Gasteiger partial charge on any atom is 0.273 e. The smallest absolute Gasteiger partial charge is 0.273 e. The van der Waals surface area contributed by atoms with Crippen LogP contribution in [0.1, 0.15) is 41.2 Å². The van der Waals surface area contributed by atoms with Crippen LogP contribution in [0, 0.1) is 0 Å². The number of likely N-dealkylation sites (N-methyl/N-ethyl adjacent to an activating group) is 1. The van der Waals surface area contributed by atoms with Gasteiger partial charge in [-0.15, -0.1) is 11.3 Å². The summed E-state index contributed by atoms with van der Waals surface area (Å²) in [5.41, 5.74) is 6.13. The molecule has 0 atom stereocenters. The molecule has 0 aromatic carbocycles. The number of hydrogen-bond acceptors (Lipinski definition) is 5. The zero-order valence-corrected chi connectivity index (χ0v) is 13.2. The molecule has 0 saturated heterocycles. The van der Waals surface area contributed by atoms with Crippen LogP contribution in [0.15, 0.2) is 5.38 Å². The van der Waals surface area contributed by atoms with Crippen LogP contribution in [0.3, 0.4) is 0 Å². The maximum absolute atomic E-state index is 12.7. The van der Waals surface area contributed by atoms with Crippen molar-refractivity contribution in [3.63, 3.8) is 0 Å². The summed E-state index contributed by atoms with van der Waals surface area (Å²) < 4.78 is 0. The Morgan fingerprint density at radius 1 is 1.40 bits per heavy atom. The number of rotatable bonds is 6. The van der Waals surface area contributed by atoms with Gasteiger partial charge in [-0.1, -0.05) is 12.8 Å². The van der Waals surface area contributed by atoms with Gasteiger partial charge in [0, 0.05) is 31.1 Å². The zero-order valence-electron chi connectivity index (χ0n) is 12.3. The Bertz CT molecular complexity index is 440. The lowest BCUT2D eigenvalue weighted by Crippen LogP contribution is -2.42. The van der Waals surface area contributed by atoms with Crippen LogP contribution in [0.5, 0.6) is 0 Å². The third-order valence-electron chi connectivity index (χ3n) is 3.76. The molecule has 0 unspecified atom stereocenters. The van der Waals surface area contributed by atoms with Crippen molar-refractivity contribution in [2.45, 2.75) is 38.3 Å². The number of aromatic nitrogens is 1. The highest BCUT2D eigenvalue weighted by Crippen LogP contribution is 2.25. The van der Waals surface area contributed by atoms with E-state index in [2.05, 4.69) is 9.88 Å². The van der Waals surface area contributed by atoms with E-state index in [0.29, 0.717) is 18.3 Å². The highest BCUT2D eigenvalue weighted by molar-refractivity contribution is 7.09. The number of nitrogens with zero attached hydrogens (tertiary/aromatic N) is 3. The van der Waals surface area contributed by atoms with Crippen LogP contribution >= 0.6 is 11.3 Å². The van der Waals surface area contributed by atoms with Crippen LogP contribution in [-0.2, 0) is 6.54 Å². The minimum atomic E-state index is 0.0645. The zero-order chi connectivity index (χ0) is 14.5.